The minimum absolute atomic E-state index is 0.00420. The number of ether oxygens (including phenoxy) is 2. The number of carbonyl (C=O) groups is 2. The molecule has 1 saturated heterocycles. The summed E-state index contributed by atoms with van der Waals surface area (Å²) in [6, 6.07) is 8.21. The van der Waals surface area contributed by atoms with Crippen LogP contribution < -0.4 is 0 Å². The standard InChI is InChI=1S/C12H13NO5/c14-11(15)10-7-17-8-13(10)12(16)18-6-9-4-2-1-3-5-9/h1-5,10H,6-8H2,(H,14,15). The molecule has 1 heterocycles. The van der Waals surface area contributed by atoms with E-state index in [0.717, 1.165) is 10.5 Å². The molecule has 0 bridgehead atoms. The minimum Gasteiger partial charge on any atom is -0.480 e. The predicted octanol–water partition coefficient (Wildman–Crippen LogP) is 1.07. The fourth-order valence-electron chi connectivity index (χ4n) is 1.63. The van der Waals surface area contributed by atoms with Gasteiger partial charge in [-0.05, 0) is 5.56 Å². The van der Waals surface area contributed by atoms with Crippen LogP contribution in [0, 0.1) is 0 Å². The minimum atomic E-state index is -1.09. The zero-order chi connectivity index (χ0) is 13.0. The fraction of sp³-hybridized carbons (Fsp3) is 0.333. The smallest absolute Gasteiger partial charge is 0.412 e. The third-order valence-electron chi connectivity index (χ3n) is 2.61. The summed E-state index contributed by atoms with van der Waals surface area (Å²) >= 11 is 0. The van der Waals surface area contributed by atoms with E-state index in [1.54, 1.807) is 0 Å². The Morgan fingerprint density at radius 1 is 1.39 bits per heavy atom. The van der Waals surface area contributed by atoms with Crippen LogP contribution in [-0.4, -0.2) is 41.4 Å². The predicted molar refractivity (Wildman–Crippen MR) is 60.7 cm³/mol. The maximum atomic E-state index is 11.7. The second kappa shape index (κ2) is 5.50. The van der Waals surface area contributed by atoms with E-state index in [9.17, 15) is 9.59 Å². The summed E-state index contributed by atoms with van der Waals surface area (Å²) in [5.74, 6) is -1.09. The number of amides is 1. The molecule has 1 fully saturated rings. The van der Waals surface area contributed by atoms with E-state index in [-0.39, 0.29) is 19.9 Å². The lowest BCUT2D eigenvalue weighted by molar-refractivity contribution is -0.141. The quantitative estimate of drug-likeness (QED) is 0.869. The van der Waals surface area contributed by atoms with Crippen LogP contribution in [0.1, 0.15) is 5.56 Å². The number of nitrogens with zero attached hydrogens (tertiary/aromatic N) is 1. The summed E-state index contributed by atoms with van der Waals surface area (Å²) in [6.07, 6.45) is -0.677. The van der Waals surface area contributed by atoms with Crippen LogP contribution >= 0.6 is 0 Å². The highest BCUT2D eigenvalue weighted by molar-refractivity contribution is 5.80. The lowest BCUT2D eigenvalue weighted by Crippen LogP contribution is -2.41. The van der Waals surface area contributed by atoms with Crippen LogP contribution in [-0.2, 0) is 20.9 Å². The molecule has 0 spiro atoms. The molecular formula is C12H13NO5. The van der Waals surface area contributed by atoms with Crippen molar-refractivity contribution in [2.75, 3.05) is 13.3 Å². The molecule has 1 aromatic rings. The molecule has 96 valence electrons. The third kappa shape index (κ3) is 2.78. The van der Waals surface area contributed by atoms with Gasteiger partial charge in [0.25, 0.3) is 0 Å². The van der Waals surface area contributed by atoms with E-state index in [4.69, 9.17) is 14.6 Å². The summed E-state index contributed by atoms with van der Waals surface area (Å²) in [4.78, 5) is 23.6. The molecule has 0 aliphatic carbocycles. The normalized spacial score (nSPS) is 18.7. The molecule has 6 heteroatoms. The Kier molecular flexibility index (Phi) is 3.78. The Bertz CT molecular complexity index is 433. The molecule has 1 aliphatic rings. The molecule has 1 atom stereocenters. The van der Waals surface area contributed by atoms with Gasteiger partial charge in [0.15, 0.2) is 6.04 Å². The van der Waals surface area contributed by atoms with Gasteiger partial charge in [0.05, 0.1) is 6.61 Å². The Labute approximate surface area is 104 Å². The van der Waals surface area contributed by atoms with Gasteiger partial charge < -0.3 is 14.6 Å². The van der Waals surface area contributed by atoms with Gasteiger partial charge in [0.1, 0.15) is 13.3 Å². The number of carboxylic acids is 1. The van der Waals surface area contributed by atoms with E-state index in [1.807, 2.05) is 30.3 Å². The number of carbonyl (C=O) groups excluding carboxylic acids is 1. The van der Waals surface area contributed by atoms with Gasteiger partial charge in [-0.25, -0.2) is 9.59 Å². The molecule has 6 nitrogen and oxygen atoms in total. The maximum absolute atomic E-state index is 11.7. The number of hydrogen-bond acceptors (Lipinski definition) is 4. The Balaban J connectivity index is 1.90. The van der Waals surface area contributed by atoms with Crippen LogP contribution in [0.15, 0.2) is 30.3 Å². The first-order valence-electron chi connectivity index (χ1n) is 5.46. The van der Waals surface area contributed by atoms with Gasteiger partial charge in [-0.1, -0.05) is 30.3 Å². The van der Waals surface area contributed by atoms with Crippen LogP contribution in [0.5, 0.6) is 0 Å². The van der Waals surface area contributed by atoms with Gasteiger partial charge in [0.2, 0.25) is 0 Å². The van der Waals surface area contributed by atoms with Gasteiger partial charge in [-0.2, -0.15) is 0 Å². The van der Waals surface area contributed by atoms with E-state index < -0.39 is 18.1 Å². The van der Waals surface area contributed by atoms with Crippen molar-refractivity contribution in [3.63, 3.8) is 0 Å². The summed E-state index contributed by atoms with van der Waals surface area (Å²) in [5, 5.41) is 8.89. The van der Waals surface area contributed by atoms with Gasteiger partial charge in [0, 0.05) is 0 Å². The van der Waals surface area contributed by atoms with Gasteiger partial charge >= 0.3 is 12.1 Å². The Morgan fingerprint density at radius 3 is 2.78 bits per heavy atom. The van der Waals surface area contributed by atoms with Crippen molar-refractivity contribution in [1.82, 2.24) is 4.90 Å². The first-order valence-corrected chi connectivity index (χ1v) is 5.46. The average molecular weight is 251 g/mol. The fourth-order valence-corrected chi connectivity index (χ4v) is 1.63. The van der Waals surface area contributed by atoms with E-state index in [2.05, 4.69) is 0 Å². The van der Waals surface area contributed by atoms with E-state index in [1.165, 1.54) is 0 Å². The Hall–Kier alpha value is -2.08. The highest BCUT2D eigenvalue weighted by atomic mass is 16.6. The molecule has 0 aromatic heterocycles. The average Bonchev–Trinajstić information content (AvgIpc) is 2.86. The van der Waals surface area contributed by atoms with Crippen molar-refractivity contribution >= 4 is 12.1 Å². The van der Waals surface area contributed by atoms with Crippen molar-refractivity contribution in [1.29, 1.82) is 0 Å². The highest BCUT2D eigenvalue weighted by Crippen LogP contribution is 2.12. The highest BCUT2D eigenvalue weighted by Gasteiger charge is 2.36. The molecule has 18 heavy (non-hydrogen) atoms. The van der Waals surface area contributed by atoms with Crippen LogP contribution in [0.4, 0.5) is 4.79 Å². The molecule has 2 rings (SSSR count). The maximum Gasteiger partial charge on any atom is 0.412 e. The summed E-state index contributed by atoms with van der Waals surface area (Å²) < 4.78 is 9.98. The van der Waals surface area contributed by atoms with Gasteiger partial charge in [-0.15, -0.1) is 0 Å². The summed E-state index contributed by atoms with van der Waals surface area (Å²) in [6.45, 7) is 0.0584. The first kappa shape index (κ1) is 12.4. The second-order valence-corrected chi connectivity index (χ2v) is 3.86. The van der Waals surface area contributed by atoms with E-state index >= 15 is 0 Å². The monoisotopic (exact) mass is 251 g/mol. The summed E-state index contributed by atoms with van der Waals surface area (Å²) in [5.41, 5.74) is 0.845. The van der Waals surface area contributed by atoms with E-state index in [0.29, 0.717) is 0 Å². The summed E-state index contributed by atoms with van der Waals surface area (Å²) in [7, 11) is 0. The Morgan fingerprint density at radius 2 is 2.11 bits per heavy atom. The van der Waals surface area contributed by atoms with Crippen LogP contribution in [0.3, 0.4) is 0 Å². The number of hydrogen-bond donors (Lipinski definition) is 1. The van der Waals surface area contributed by atoms with Crippen molar-refractivity contribution in [2.24, 2.45) is 0 Å². The topological polar surface area (TPSA) is 76.1 Å². The largest absolute Gasteiger partial charge is 0.480 e. The first-order chi connectivity index (χ1) is 8.68. The molecule has 0 radical (unpaired) electrons. The molecule has 1 N–H and O–H groups in total. The molecule has 1 amide bonds. The molecule has 1 aliphatic heterocycles. The lowest BCUT2D eigenvalue weighted by Gasteiger charge is -2.18. The SMILES string of the molecule is O=C(O)C1COCN1C(=O)OCc1ccccc1. The molecule has 0 saturated carbocycles. The van der Waals surface area contributed by atoms with Crippen molar-refractivity contribution < 1.29 is 24.2 Å². The van der Waals surface area contributed by atoms with Crippen molar-refractivity contribution in [3.05, 3.63) is 35.9 Å². The van der Waals surface area contributed by atoms with Crippen LogP contribution in [0.2, 0.25) is 0 Å². The molecule has 1 unspecified atom stereocenters. The van der Waals surface area contributed by atoms with Crippen molar-refractivity contribution in [3.8, 4) is 0 Å². The number of aliphatic carboxylic acids is 1. The molecule has 1 aromatic carbocycles. The zero-order valence-corrected chi connectivity index (χ0v) is 9.61. The number of rotatable bonds is 3. The van der Waals surface area contributed by atoms with Crippen molar-refractivity contribution in [2.45, 2.75) is 12.6 Å². The third-order valence-corrected chi connectivity index (χ3v) is 2.61. The lowest BCUT2D eigenvalue weighted by atomic mass is 10.2. The zero-order valence-electron chi connectivity index (χ0n) is 9.61. The van der Waals surface area contributed by atoms with Gasteiger partial charge in [-0.3, -0.25) is 4.90 Å². The number of benzene rings is 1. The number of carboxylic acid groups (broad SMARTS) is 1. The second-order valence-electron chi connectivity index (χ2n) is 3.86. The van der Waals surface area contributed by atoms with Crippen LogP contribution in [0.25, 0.3) is 0 Å². The molecular weight excluding hydrogens is 238 g/mol.